The van der Waals surface area contributed by atoms with Crippen molar-refractivity contribution in [1.29, 1.82) is 0 Å². The van der Waals surface area contributed by atoms with Gasteiger partial charge in [-0.2, -0.15) is 0 Å². The molecule has 0 aliphatic rings. The van der Waals surface area contributed by atoms with Gasteiger partial charge in [0.05, 0.1) is 7.11 Å². The number of hydrogen-bond acceptors (Lipinski definition) is 2. The number of rotatable bonds is 5. The second-order valence-electron chi connectivity index (χ2n) is 2.48. The van der Waals surface area contributed by atoms with Gasteiger partial charge in [0, 0.05) is 11.5 Å². The highest BCUT2D eigenvalue weighted by Gasteiger charge is 2.07. The van der Waals surface area contributed by atoms with Gasteiger partial charge in [-0.25, -0.2) is 4.79 Å². The summed E-state index contributed by atoms with van der Waals surface area (Å²) in [4.78, 5) is 11.1. The molecule has 0 unspecified atom stereocenters. The molecule has 0 amide bonds. The van der Waals surface area contributed by atoms with E-state index in [1.165, 1.54) is 7.11 Å². The minimum absolute atomic E-state index is 0.260. The standard InChI is InChI=1S/C9H15ClO2/c1-3-4-5-8(6-7-10)9(11)12-2/h6H,3-5,7H2,1-2H3/b8-6+. The average Bonchev–Trinajstić information content (AvgIpc) is 2.11. The normalized spacial score (nSPS) is 11.4. The molecule has 0 saturated carbocycles. The molecule has 2 nitrogen and oxygen atoms in total. The van der Waals surface area contributed by atoms with Gasteiger partial charge in [-0.1, -0.05) is 19.4 Å². The van der Waals surface area contributed by atoms with Crippen LogP contribution in [0.4, 0.5) is 0 Å². The van der Waals surface area contributed by atoms with Gasteiger partial charge >= 0.3 is 5.97 Å². The highest BCUT2D eigenvalue weighted by Crippen LogP contribution is 2.09. The molecule has 0 aliphatic carbocycles. The van der Waals surface area contributed by atoms with Crippen molar-refractivity contribution >= 4 is 17.6 Å². The van der Waals surface area contributed by atoms with Crippen molar-refractivity contribution < 1.29 is 9.53 Å². The van der Waals surface area contributed by atoms with Gasteiger partial charge in [0.25, 0.3) is 0 Å². The predicted octanol–water partition coefficient (Wildman–Crippen LogP) is 2.51. The van der Waals surface area contributed by atoms with Crippen LogP contribution < -0.4 is 0 Å². The molecular formula is C9H15ClO2. The predicted molar refractivity (Wildman–Crippen MR) is 50.3 cm³/mol. The molecule has 0 aromatic carbocycles. The zero-order valence-corrected chi connectivity index (χ0v) is 8.36. The first-order valence-electron chi connectivity index (χ1n) is 4.09. The quantitative estimate of drug-likeness (QED) is 0.378. The van der Waals surface area contributed by atoms with Crippen molar-refractivity contribution in [2.24, 2.45) is 0 Å². The topological polar surface area (TPSA) is 26.3 Å². The van der Waals surface area contributed by atoms with Crippen molar-refractivity contribution in [3.05, 3.63) is 11.6 Å². The average molecular weight is 191 g/mol. The lowest BCUT2D eigenvalue weighted by Crippen LogP contribution is -2.05. The molecule has 0 N–H and O–H groups in total. The third-order valence-corrected chi connectivity index (χ3v) is 1.73. The van der Waals surface area contributed by atoms with Crippen molar-refractivity contribution in [2.45, 2.75) is 26.2 Å². The van der Waals surface area contributed by atoms with E-state index in [0.717, 1.165) is 19.3 Å². The summed E-state index contributed by atoms with van der Waals surface area (Å²) >= 11 is 5.49. The number of hydrogen-bond donors (Lipinski definition) is 0. The Morgan fingerprint density at radius 3 is 2.67 bits per heavy atom. The first-order chi connectivity index (χ1) is 5.76. The van der Waals surface area contributed by atoms with Crippen LogP contribution in [0, 0.1) is 0 Å². The summed E-state index contributed by atoms with van der Waals surface area (Å²) in [6, 6.07) is 0. The summed E-state index contributed by atoms with van der Waals surface area (Å²) in [6.07, 6.45) is 4.54. The summed E-state index contributed by atoms with van der Waals surface area (Å²) in [5.74, 6) is 0.109. The van der Waals surface area contributed by atoms with Crippen LogP contribution in [0.3, 0.4) is 0 Å². The van der Waals surface area contributed by atoms with Crippen LogP contribution in [0.2, 0.25) is 0 Å². The van der Waals surface area contributed by atoms with Crippen molar-refractivity contribution in [3.8, 4) is 0 Å². The number of alkyl halides is 1. The Morgan fingerprint density at radius 1 is 1.58 bits per heavy atom. The number of methoxy groups -OCH3 is 1. The van der Waals surface area contributed by atoms with Crippen molar-refractivity contribution in [2.75, 3.05) is 13.0 Å². The zero-order valence-electron chi connectivity index (χ0n) is 7.60. The van der Waals surface area contributed by atoms with Gasteiger partial charge in [0.15, 0.2) is 0 Å². The van der Waals surface area contributed by atoms with E-state index in [4.69, 9.17) is 11.6 Å². The molecule has 0 aliphatic heterocycles. The largest absolute Gasteiger partial charge is 0.466 e. The highest BCUT2D eigenvalue weighted by atomic mass is 35.5. The third kappa shape index (κ3) is 4.39. The maximum absolute atomic E-state index is 11.1. The Morgan fingerprint density at radius 2 is 2.25 bits per heavy atom. The molecule has 0 saturated heterocycles. The van der Waals surface area contributed by atoms with Gasteiger partial charge in [-0.15, -0.1) is 11.6 Å². The second-order valence-corrected chi connectivity index (χ2v) is 2.79. The first-order valence-corrected chi connectivity index (χ1v) is 4.63. The van der Waals surface area contributed by atoms with Gasteiger partial charge in [-0.3, -0.25) is 0 Å². The fourth-order valence-corrected chi connectivity index (χ4v) is 1.07. The Labute approximate surface area is 78.5 Å². The molecule has 0 fully saturated rings. The van der Waals surface area contributed by atoms with Crippen LogP contribution in [0.1, 0.15) is 26.2 Å². The van der Waals surface area contributed by atoms with Gasteiger partial charge < -0.3 is 4.74 Å². The van der Waals surface area contributed by atoms with Crippen molar-refractivity contribution in [3.63, 3.8) is 0 Å². The summed E-state index contributed by atoms with van der Waals surface area (Å²) in [6.45, 7) is 2.08. The molecule has 0 radical (unpaired) electrons. The number of ether oxygens (including phenoxy) is 1. The molecule has 0 aromatic rings. The number of halogens is 1. The first kappa shape index (κ1) is 11.5. The summed E-state index contributed by atoms with van der Waals surface area (Å²) in [7, 11) is 1.39. The number of unbranched alkanes of at least 4 members (excludes halogenated alkanes) is 1. The Hall–Kier alpha value is -0.500. The lowest BCUT2D eigenvalue weighted by molar-refractivity contribution is -0.136. The van der Waals surface area contributed by atoms with Gasteiger partial charge in [-0.05, 0) is 12.8 Å². The van der Waals surface area contributed by atoms with Crippen molar-refractivity contribution in [1.82, 2.24) is 0 Å². The fourth-order valence-electron chi connectivity index (χ4n) is 0.879. The number of carbonyl (C=O) groups is 1. The van der Waals surface area contributed by atoms with E-state index in [-0.39, 0.29) is 5.97 Å². The van der Waals surface area contributed by atoms with E-state index in [1.54, 1.807) is 6.08 Å². The Bertz CT molecular complexity index is 164. The molecule has 0 bridgehead atoms. The van der Waals surface area contributed by atoms with Crippen LogP contribution in [0.15, 0.2) is 11.6 Å². The molecular weight excluding hydrogens is 176 g/mol. The summed E-state index contributed by atoms with van der Waals surface area (Å²) in [5.41, 5.74) is 0.689. The smallest absolute Gasteiger partial charge is 0.333 e. The van der Waals surface area contributed by atoms with Gasteiger partial charge in [0.2, 0.25) is 0 Å². The molecule has 0 aromatic heterocycles. The maximum Gasteiger partial charge on any atom is 0.333 e. The minimum atomic E-state index is -0.260. The van der Waals surface area contributed by atoms with E-state index in [2.05, 4.69) is 11.7 Å². The number of allylic oxidation sites excluding steroid dienone is 1. The van der Waals surface area contributed by atoms with Crippen LogP contribution in [0.5, 0.6) is 0 Å². The monoisotopic (exact) mass is 190 g/mol. The molecule has 0 spiro atoms. The fraction of sp³-hybridized carbons (Fsp3) is 0.667. The molecule has 0 heterocycles. The van der Waals surface area contributed by atoms with Crippen LogP contribution >= 0.6 is 11.6 Å². The van der Waals surface area contributed by atoms with E-state index in [0.29, 0.717) is 11.5 Å². The lowest BCUT2D eigenvalue weighted by Gasteiger charge is -2.02. The minimum Gasteiger partial charge on any atom is -0.466 e. The number of esters is 1. The molecule has 0 atom stereocenters. The van der Waals surface area contributed by atoms with Crippen LogP contribution in [-0.4, -0.2) is 19.0 Å². The highest BCUT2D eigenvalue weighted by molar-refractivity contribution is 6.19. The van der Waals surface area contributed by atoms with Gasteiger partial charge in [0.1, 0.15) is 0 Å². The van der Waals surface area contributed by atoms with E-state index < -0.39 is 0 Å². The summed E-state index contributed by atoms with van der Waals surface area (Å²) in [5, 5.41) is 0. The SMILES string of the molecule is CCCC/C(=C\CCl)C(=O)OC. The molecule has 0 rings (SSSR count). The zero-order chi connectivity index (χ0) is 9.40. The second kappa shape index (κ2) is 7.17. The number of carbonyl (C=O) groups excluding carboxylic acids is 1. The third-order valence-electron chi connectivity index (χ3n) is 1.57. The molecule has 3 heteroatoms. The lowest BCUT2D eigenvalue weighted by atomic mass is 10.1. The Balaban J connectivity index is 4.04. The van der Waals surface area contributed by atoms with E-state index in [9.17, 15) is 4.79 Å². The maximum atomic E-state index is 11.1. The molecule has 12 heavy (non-hydrogen) atoms. The van der Waals surface area contributed by atoms with Crippen LogP contribution in [0.25, 0.3) is 0 Å². The Kier molecular flexibility index (Phi) is 6.87. The van der Waals surface area contributed by atoms with E-state index in [1.807, 2.05) is 0 Å². The molecule has 70 valence electrons. The van der Waals surface area contributed by atoms with E-state index >= 15 is 0 Å². The van der Waals surface area contributed by atoms with Crippen LogP contribution in [-0.2, 0) is 9.53 Å². The summed E-state index contributed by atoms with van der Waals surface area (Å²) < 4.78 is 4.60.